The summed E-state index contributed by atoms with van der Waals surface area (Å²) in [5, 5.41) is 1.09. The lowest BCUT2D eigenvalue weighted by Gasteiger charge is -2.43. The summed E-state index contributed by atoms with van der Waals surface area (Å²) in [6.45, 7) is 0. The van der Waals surface area contributed by atoms with Crippen molar-refractivity contribution in [2.45, 2.75) is 49.7 Å². The highest BCUT2D eigenvalue weighted by atomic mass is 19.4. The molecule has 1 saturated carbocycles. The van der Waals surface area contributed by atoms with E-state index in [0.717, 1.165) is 23.1 Å². The molecule has 0 bridgehead atoms. The maximum Gasteiger partial charge on any atom is 0.441 e. The summed E-state index contributed by atoms with van der Waals surface area (Å²) >= 11 is 0. The Morgan fingerprint density at radius 2 is 1.54 bits per heavy atom. The Balaban J connectivity index is 2.21. The first kappa shape index (κ1) is 18.5. The van der Waals surface area contributed by atoms with Gasteiger partial charge in [-0.3, -0.25) is 10.2 Å². The summed E-state index contributed by atoms with van der Waals surface area (Å²) < 4.78 is 80.4. The summed E-state index contributed by atoms with van der Waals surface area (Å²) in [5.41, 5.74) is -4.65. The Kier molecular flexibility index (Phi) is 4.40. The number of alkyl halides is 6. The molecule has 0 radical (unpaired) electrons. The molecule has 3 rings (SSSR count). The summed E-state index contributed by atoms with van der Waals surface area (Å²) in [4.78, 5) is 16.4. The number of nitrogens with one attached hydrogen (secondary N) is 1. The van der Waals surface area contributed by atoms with Gasteiger partial charge in [-0.1, -0.05) is 43.2 Å². The molecule has 4 nitrogen and oxygen atoms in total. The maximum atomic E-state index is 13.4. The van der Waals surface area contributed by atoms with Crippen LogP contribution < -0.4 is 5.32 Å². The molecule has 1 N–H and O–H groups in total. The Morgan fingerprint density at radius 3 is 2.04 bits per heavy atom. The number of aliphatic imine (C=N–C) groups is 1. The first-order chi connectivity index (χ1) is 12.1. The number of halogens is 6. The van der Waals surface area contributed by atoms with Crippen LogP contribution in [-0.4, -0.2) is 40.8 Å². The van der Waals surface area contributed by atoms with Gasteiger partial charge in [-0.05, 0) is 12.8 Å². The van der Waals surface area contributed by atoms with Crippen LogP contribution in [0, 0.1) is 0 Å². The molecule has 1 aromatic carbocycles. The second-order valence-corrected chi connectivity index (χ2v) is 6.25. The molecule has 2 aliphatic rings. The standard InChI is InChI=1S/C16H15F6N3O/c17-15(18,19)14(16(20,21)22)23-12(10-6-2-1-3-7-10)25(13(26)24-14)11-8-4-5-9-11/h1-3,6-7,11H,4-5,8-9H2,(H,24,26). The number of urea groups is 1. The van der Waals surface area contributed by atoms with Crippen molar-refractivity contribution >= 4 is 11.9 Å². The Morgan fingerprint density at radius 1 is 1.00 bits per heavy atom. The smallest absolute Gasteiger partial charge is 0.298 e. The van der Waals surface area contributed by atoms with Crippen molar-refractivity contribution in [1.29, 1.82) is 0 Å². The van der Waals surface area contributed by atoms with Crippen molar-refractivity contribution in [2.75, 3.05) is 0 Å². The fraction of sp³-hybridized carbons (Fsp3) is 0.500. The van der Waals surface area contributed by atoms with Crippen LogP contribution in [0.15, 0.2) is 35.3 Å². The quantitative estimate of drug-likeness (QED) is 0.769. The SMILES string of the molecule is O=C1NC(C(F)(F)F)(C(F)(F)F)N=C(c2ccccc2)N1C1CCCC1. The molecule has 10 heteroatoms. The van der Waals surface area contributed by atoms with Crippen molar-refractivity contribution in [3.05, 3.63) is 35.9 Å². The first-order valence-corrected chi connectivity index (χ1v) is 7.97. The van der Waals surface area contributed by atoms with Crippen LogP contribution in [0.2, 0.25) is 0 Å². The van der Waals surface area contributed by atoms with E-state index in [1.807, 2.05) is 0 Å². The van der Waals surface area contributed by atoms with Crippen LogP contribution in [0.1, 0.15) is 31.2 Å². The molecule has 1 heterocycles. The number of amides is 2. The molecule has 0 aromatic heterocycles. The highest BCUT2D eigenvalue weighted by Gasteiger charge is 2.74. The molecule has 0 spiro atoms. The van der Waals surface area contributed by atoms with Crippen LogP contribution in [-0.2, 0) is 0 Å². The average Bonchev–Trinajstić information content (AvgIpc) is 3.06. The van der Waals surface area contributed by atoms with E-state index in [0.29, 0.717) is 12.8 Å². The molecule has 1 aromatic rings. The predicted molar refractivity (Wildman–Crippen MR) is 80.4 cm³/mol. The summed E-state index contributed by atoms with van der Waals surface area (Å²) in [7, 11) is 0. The molecule has 0 atom stereocenters. The van der Waals surface area contributed by atoms with Gasteiger partial charge < -0.3 is 0 Å². The Bertz CT molecular complexity index is 693. The van der Waals surface area contributed by atoms with Crippen molar-refractivity contribution < 1.29 is 31.1 Å². The van der Waals surface area contributed by atoms with E-state index >= 15 is 0 Å². The fourth-order valence-electron chi connectivity index (χ4n) is 3.27. The number of benzene rings is 1. The van der Waals surface area contributed by atoms with Gasteiger partial charge in [-0.25, -0.2) is 9.79 Å². The van der Waals surface area contributed by atoms with Crippen LogP contribution >= 0.6 is 0 Å². The third kappa shape index (κ3) is 2.90. The zero-order chi connectivity index (χ0) is 19.2. The van der Waals surface area contributed by atoms with E-state index < -0.39 is 35.9 Å². The highest BCUT2D eigenvalue weighted by molar-refractivity contribution is 6.09. The number of carbonyl (C=O) groups is 1. The van der Waals surface area contributed by atoms with Crippen molar-refractivity contribution in [3.8, 4) is 0 Å². The number of carbonyl (C=O) groups excluding carboxylic acids is 1. The second-order valence-electron chi connectivity index (χ2n) is 6.25. The van der Waals surface area contributed by atoms with Gasteiger partial charge in [0, 0.05) is 11.6 Å². The largest absolute Gasteiger partial charge is 0.441 e. The Labute approximate surface area is 144 Å². The molecule has 0 saturated heterocycles. The molecule has 142 valence electrons. The summed E-state index contributed by atoms with van der Waals surface area (Å²) in [6, 6.07) is 5.20. The minimum atomic E-state index is -5.84. The van der Waals surface area contributed by atoms with E-state index in [-0.39, 0.29) is 5.56 Å². The van der Waals surface area contributed by atoms with Gasteiger partial charge >= 0.3 is 24.0 Å². The molecular weight excluding hydrogens is 364 g/mol. The van der Waals surface area contributed by atoms with E-state index in [9.17, 15) is 31.1 Å². The molecule has 1 fully saturated rings. The average molecular weight is 379 g/mol. The molecule has 0 unspecified atom stereocenters. The number of amidine groups is 1. The van der Waals surface area contributed by atoms with Gasteiger partial charge in [0.05, 0.1) is 0 Å². The third-order valence-corrected chi connectivity index (χ3v) is 4.55. The van der Waals surface area contributed by atoms with Gasteiger partial charge in [0.1, 0.15) is 5.84 Å². The monoisotopic (exact) mass is 379 g/mol. The topological polar surface area (TPSA) is 44.7 Å². The van der Waals surface area contributed by atoms with Crippen molar-refractivity contribution in [3.63, 3.8) is 0 Å². The van der Waals surface area contributed by atoms with E-state index in [1.54, 1.807) is 6.07 Å². The first-order valence-electron chi connectivity index (χ1n) is 7.97. The number of nitrogens with zero attached hydrogens (tertiary/aromatic N) is 2. The van der Waals surface area contributed by atoms with Gasteiger partial charge in [0.15, 0.2) is 0 Å². The zero-order valence-electron chi connectivity index (χ0n) is 13.4. The van der Waals surface area contributed by atoms with Crippen LogP contribution in [0.5, 0.6) is 0 Å². The van der Waals surface area contributed by atoms with E-state index in [1.165, 1.54) is 24.3 Å². The van der Waals surface area contributed by atoms with E-state index in [2.05, 4.69) is 4.99 Å². The molecule has 26 heavy (non-hydrogen) atoms. The minimum absolute atomic E-state index is 0.0205. The third-order valence-electron chi connectivity index (χ3n) is 4.55. The van der Waals surface area contributed by atoms with Gasteiger partial charge in [-0.2, -0.15) is 26.3 Å². The second kappa shape index (κ2) is 6.17. The minimum Gasteiger partial charge on any atom is -0.298 e. The number of hydrogen-bond donors (Lipinski definition) is 1. The lowest BCUT2D eigenvalue weighted by atomic mass is 10.0. The summed E-state index contributed by atoms with van der Waals surface area (Å²) in [6.07, 6.45) is -9.24. The van der Waals surface area contributed by atoms with Crippen LogP contribution in [0.4, 0.5) is 31.1 Å². The maximum absolute atomic E-state index is 13.4. The highest BCUT2D eigenvalue weighted by Crippen LogP contribution is 2.46. The van der Waals surface area contributed by atoms with Crippen LogP contribution in [0.25, 0.3) is 0 Å². The predicted octanol–water partition coefficient (Wildman–Crippen LogP) is 4.22. The van der Waals surface area contributed by atoms with Crippen molar-refractivity contribution in [2.24, 2.45) is 4.99 Å². The molecule has 1 aliphatic heterocycles. The fourth-order valence-corrected chi connectivity index (χ4v) is 3.27. The normalized spacial score (nSPS) is 21.5. The van der Waals surface area contributed by atoms with Gasteiger partial charge in [-0.15, -0.1) is 0 Å². The van der Waals surface area contributed by atoms with Gasteiger partial charge in [0.25, 0.3) is 0 Å². The lowest BCUT2D eigenvalue weighted by molar-refractivity contribution is -0.302. The summed E-state index contributed by atoms with van der Waals surface area (Å²) in [5.74, 6) is -0.615. The number of rotatable bonds is 2. The van der Waals surface area contributed by atoms with Crippen LogP contribution in [0.3, 0.4) is 0 Å². The molecular formula is C16H15F6N3O. The van der Waals surface area contributed by atoms with Gasteiger partial charge in [0.2, 0.25) is 0 Å². The Hall–Kier alpha value is -2.26. The van der Waals surface area contributed by atoms with E-state index in [4.69, 9.17) is 0 Å². The lowest BCUT2D eigenvalue weighted by Crippen LogP contribution is -2.72. The molecule has 1 aliphatic carbocycles. The molecule has 2 amide bonds. The van der Waals surface area contributed by atoms with Crippen molar-refractivity contribution in [1.82, 2.24) is 10.2 Å². The number of hydrogen-bond acceptors (Lipinski definition) is 2. The zero-order valence-corrected chi connectivity index (χ0v) is 13.4.